The third-order valence-corrected chi connectivity index (χ3v) is 6.00. The lowest BCUT2D eigenvalue weighted by molar-refractivity contribution is 0.840. The minimum absolute atomic E-state index is 0.200. The average molecular weight is 422 g/mol. The van der Waals surface area contributed by atoms with Crippen molar-refractivity contribution in [2.45, 2.75) is 31.7 Å². The smallest absolute Gasteiger partial charge is 0.169 e. The van der Waals surface area contributed by atoms with Crippen LogP contribution < -0.4 is 4.90 Å². The van der Waals surface area contributed by atoms with Crippen molar-refractivity contribution in [2.24, 2.45) is 0 Å². The first kappa shape index (κ1) is 18.7. The Kier molecular flexibility index (Phi) is 4.45. The van der Waals surface area contributed by atoms with Crippen LogP contribution >= 0.6 is 0 Å². The highest BCUT2D eigenvalue weighted by Gasteiger charge is 2.26. The molecule has 4 heterocycles. The number of rotatable bonds is 5. The first-order valence-electron chi connectivity index (χ1n) is 10.9. The van der Waals surface area contributed by atoms with Gasteiger partial charge in [0.25, 0.3) is 0 Å². The predicted octanol–water partition coefficient (Wildman–Crippen LogP) is 4.67. The molecule has 158 valence electrons. The van der Waals surface area contributed by atoms with E-state index in [4.69, 9.17) is 0 Å². The van der Waals surface area contributed by atoms with E-state index in [0.717, 1.165) is 28.6 Å². The molecule has 0 amide bonds. The molecule has 1 fully saturated rings. The van der Waals surface area contributed by atoms with Crippen LogP contribution in [-0.2, 0) is 0 Å². The number of anilines is 1. The fourth-order valence-corrected chi connectivity index (χ4v) is 4.14. The molecular weight excluding hydrogens is 398 g/mol. The van der Waals surface area contributed by atoms with Crippen LogP contribution in [0.15, 0.2) is 85.9 Å². The van der Waals surface area contributed by atoms with E-state index in [1.807, 2.05) is 29.1 Å². The zero-order chi connectivity index (χ0) is 21.5. The lowest BCUT2D eigenvalue weighted by Gasteiger charge is -2.30. The Morgan fingerprint density at radius 2 is 1.94 bits per heavy atom. The summed E-state index contributed by atoms with van der Waals surface area (Å²) in [6, 6.07) is 14.4. The summed E-state index contributed by atoms with van der Waals surface area (Å²) in [7, 11) is 0. The van der Waals surface area contributed by atoms with Gasteiger partial charge in [0.1, 0.15) is 12.1 Å². The van der Waals surface area contributed by atoms with E-state index in [9.17, 15) is 0 Å². The van der Waals surface area contributed by atoms with Gasteiger partial charge in [0.15, 0.2) is 5.82 Å². The van der Waals surface area contributed by atoms with Gasteiger partial charge in [-0.3, -0.25) is 4.57 Å². The molecule has 0 N–H and O–H groups in total. The number of hydrogen-bond donors (Lipinski definition) is 0. The summed E-state index contributed by atoms with van der Waals surface area (Å²) < 4.78 is 4.03. The maximum Gasteiger partial charge on any atom is 0.169 e. The maximum absolute atomic E-state index is 4.58. The van der Waals surface area contributed by atoms with Gasteiger partial charge >= 0.3 is 0 Å². The fraction of sp³-hybridized carbons (Fsp3) is 0.200. The van der Waals surface area contributed by atoms with Gasteiger partial charge in [-0.25, -0.2) is 9.97 Å². The first-order valence-corrected chi connectivity index (χ1v) is 10.9. The minimum atomic E-state index is 0.200. The van der Waals surface area contributed by atoms with Crippen molar-refractivity contribution >= 4 is 11.4 Å². The van der Waals surface area contributed by atoms with Crippen LogP contribution in [0.4, 0.5) is 5.69 Å². The van der Waals surface area contributed by atoms with Gasteiger partial charge < -0.3 is 9.47 Å². The number of aromatic nitrogens is 6. The van der Waals surface area contributed by atoms with Crippen molar-refractivity contribution in [3.8, 4) is 17.2 Å². The molecule has 2 aliphatic rings. The maximum atomic E-state index is 4.58. The molecule has 1 saturated carbocycles. The predicted molar refractivity (Wildman–Crippen MR) is 124 cm³/mol. The SMILES string of the molecule is CC1C=C(n2cnc(C3CC3)c2)C=CN1c1cccc(-c2nncn2-c2ccccn2)c1. The Labute approximate surface area is 186 Å². The molecule has 0 saturated heterocycles. The summed E-state index contributed by atoms with van der Waals surface area (Å²) in [5, 5.41) is 8.48. The van der Waals surface area contributed by atoms with Gasteiger partial charge in [-0.15, -0.1) is 10.2 Å². The number of hydrogen-bond acceptors (Lipinski definition) is 5. The van der Waals surface area contributed by atoms with Gasteiger partial charge in [0.05, 0.1) is 18.1 Å². The van der Waals surface area contributed by atoms with Crippen LogP contribution in [0.1, 0.15) is 31.4 Å². The van der Waals surface area contributed by atoms with Crippen LogP contribution in [0.3, 0.4) is 0 Å². The average Bonchev–Trinajstić information content (AvgIpc) is 3.35. The summed E-state index contributed by atoms with van der Waals surface area (Å²) in [4.78, 5) is 11.3. The molecule has 0 bridgehead atoms. The number of allylic oxidation sites excluding steroid dienone is 2. The second-order valence-electron chi connectivity index (χ2n) is 8.30. The van der Waals surface area contributed by atoms with Crippen molar-refractivity contribution in [2.75, 3.05) is 4.90 Å². The normalized spacial score (nSPS) is 18.1. The highest BCUT2D eigenvalue weighted by Crippen LogP contribution is 2.39. The number of imidazole rings is 1. The quantitative estimate of drug-likeness (QED) is 0.469. The third kappa shape index (κ3) is 3.41. The topological polar surface area (TPSA) is 64.7 Å². The van der Waals surface area contributed by atoms with Gasteiger partial charge in [-0.2, -0.15) is 0 Å². The van der Waals surface area contributed by atoms with E-state index in [-0.39, 0.29) is 6.04 Å². The van der Waals surface area contributed by atoms with Gasteiger partial charge in [-0.1, -0.05) is 18.2 Å². The summed E-state index contributed by atoms with van der Waals surface area (Å²) in [5.41, 5.74) is 4.45. The molecule has 1 aromatic carbocycles. The summed E-state index contributed by atoms with van der Waals surface area (Å²) >= 11 is 0. The molecule has 32 heavy (non-hydrogen) atoms. The second-order valence-corrected chi connectivity index (χ2v) is 8.30. The van der Waals surface area contributed by atoms with Gasteiger partial charge in [0.2, 0.25) is 0 Å². The van der Waals surface area contributed by atoms with Crippen molar-refractivity contribution in [1.82, 2.24) is 29.3 Å². The molecule has 3 aromatic heterocycles. The zero-order valence-electron chi connectivity index (χ0n) is 17.8. The Balaban J connectivity index is 1.27. The lowest BCUT2D eigenvalue weighted by atomic mass is 10.1. The van der Waals surface area contributed by atoms with E-state index < -0.39 is 0 Å². The van der Waals surface area contributed by atoms with E-state index in [2.05, 4.69) is 85.4 Å². The highest BCUT2D eigenvalue weighted by molar-refractivity contribution is 5.70. The zero-order valence-corrected chi connectivity index (χ0v) is 17.8. The van der Waals surface area contributed by atoms with Crippen LogP contribution in [-0.4, -0.2) is 35.3 Å². The molecule has 1 aliphatic heterocycles. The Bertz CT molecular complexity index is 1310. The van der Waals surface area contributed by atoms with Crippen molar-refractivity contribution in [3.05, 3.63) is 91.6 Å². The van der Waals surface area contributed by atoms with Crippen LogP contribution in [0, 0.1) is 0 Å². The molecule has 1 unspecified atom stereocenters. The van der Waals surface area contributed by atoms with Crippen LogP contribution in [0.5, 0.6) is 0 Å². The lowest BCUT2D eigenvalue weighted by Crippen LogP contribution is -2.28. The number of nitrogens with zero attached hydrogens (tertiary/aromatic N) is 7. The largest absolute Gasteiger partial charge is 0.341 e. The first-order chi connectivity index (χ1) is 15.8. The molecule has 7 heteroatoms. The molecule has 1 aliphatic carbocycles. The second kappa shape index (κ2) is 7.60. The highest BCUT2D eigenvalue weighted by atomic mass is 15.3. The standard InChI is InChI=1S/C25H23N7/c1-18-13-21(30-15-23(27-16-30)19-8-9-19)10-12-31(18)22-6-4-5-20(14-22)25-29-28-17-32(25)24-7-2-3-11-26-24/h2-7,10-19H,8-9H2,1H3. The summed E-state index contributed by atoms with van der Waals surface area (Å²) in [6.45, 7) is 2.20. The molecule has 6 rings (SSSR count). The van der Waals surface area contributed by atoms with Crippen LogP contribution in [0.2, 0.25) is 0 Å². The van der Waals surface area contributed by atoms with Gasteiger partial charge in [0, 0.05) is 41.5 Å². The molecule has 0 spiro atoms. The van der Waals surface area contributed by atoms with Crippen molar-refractivity contribution in [1.29, 1.82) is 0 Å². The van der Waals surface area contributed by atoms with E-state index in [1.165, 1.54) is 18.5 Å². The summed E-state index contributed by atoms with van der Waals surface area (Å²) in [5.74, 6) is 2.22. The van der Waals surface area contributed by atoms with Crippen molar-refractivity contribution in [3.63, 3.8) is 0 Å². The Morgan fingerprint density at radius 3 is 2.75 bits per heavy atom. The molecule has 7 nitrogen and oxygen atoms in total. The Morgan fingerprint density at radius 1 is 1.00 bits per heavy atom. The molecule has 1 atom stereocenters. The van der Waals surface area contributed by atoms with E-state index in [0.29, 0.717) is 5.92 Å². The van der Waals surface area contributed by atoms with E-state index >= 15 is 0 Å². The Hall–Kier alpha value is -4.00. The van der Waals surface area contributed by atoms with Gasteiger partial charge in [-0.05, 0) is 56.2 Å². The minimum Gasteiger partial charge on any atom is -0.341 e. The summed E-state index contributed by atoms with van der Waals surface area (Å²) in [6.07, 6.45) is 16.6. The van der Waals surface area contributed by atoms with Crippen molar-refractivity contribution < 1.29 is 0 Å². The molecule has 4 aromatic rings. The monoisotopic (exact) mass is 421 g/mol. The molecule has 0 radical (unpaired) electrons. The van der Waals surface area contributed by atoms with Crippen LogP contribution in [0.25, 0.3) is 22.9 Å². The third-order valence-electron chi connectivity index (χ3n) is 6.00. The number of pyridine rings is 1. The fourth-order valence-electron chi connectivity index (χ4n) is 4.14. The number of benzene rings is 1. The molecular formula is C25H23N7. The van der Waals surface area contributed by atoms with E-state index in [1.54, 1.807) is 12.5 Å².